The van der Waals surface area contributed by atoms with Gasteiger partial charge in [-0.15, -0.1) is 0 Å². The monoisotopic (exact) mass is 194 g/mol. The van der Waals surface area contributed by atoms with Crippen LogP contribution in [0.5, 0.6) is 0 Å². The minimum Gasteiger partial charge on any atom is -0.398 e. The van der Waals surface area contributed by atoms with E-state index in [4.69, 9.17) is 11.1 Å². The summed E-state index contributed by atoms with van der Waals surface area (Å²) in [5, 5.41) is 10.8. The molecule has 0 aliphatic rings. The van der Waals surface area contributed by atoms with Crippen molar-refractivity contribution < 1.29 is 4.84 Å². The van der Waals surface area contributed by atoms with Crippen LogP contribution in [0.2, 0.25) is 0 Å². The lowest BCUT2D eigenvalue weighted by Crippen LogP contribution is -2.04. The fraction of sp³-hybridized carbons (Fsp3) is 0.222. The molecular formula is C9H14N4O. The van der Waals surface area contributed by atoms with Gasteiger partial charge in [0.1, 0.15) is 12.1 Å². The van der Waals surface area contributed by atoms with Gasteiger partial charge in [-0.2, -0.15) is 0 Å². The normalized spacial score (nSPS) is 13.0. The molecule has 0 saturated heterocycles. The summed E-state index contributed by atoms with van der Waals surface area (Å²) in [6, 6.07) is 0. The van der Waals surface area contributed by atoms with E-state index in [0.717, 1.165) is 0 Å². The summed E-state index contributed by atoms with van der Waals surface area (Å²) in [7, 11) is 0. The highest BCUT2D eigenvalue weighted by Gasteiger charge is 1.99. The zero-order valence-electron chi connectivity index (χ0n) is 8.32. The van der Waals surface area contributed by atoms with Crippen molar-refractivity contribution in [3.05, 3.63) is 23.6 Å². The zero-order valence-corrected chi connectivity index (χ0v) is 8.32. The van der Waals surface area contributed by atoms with E-state index in [1.165, 1.54) is 18.6 Å². The number of oxime groups is 1. The van der Waals surface area contributed by atoms with Crippen molar-refractivity contribution in [3.63, 3.8) is 0 Å². The highest BCUT2D eigenvalue weighted by molar-refractivity contribution is 5.98. The Hall–Kier alpha value is -1.91. The van der Waals surface area contributed by atoms with Crippen LogP contribution in [0.1, 0.15) is 13.8 Å². The minimum absolute atomic E-state index is 0.0474. The van der Waals surface area contributed by atoms with Crippen molar-refractivity contribution in [3.8, 4) is 0 Å². The molecule has 0 saturated carbocycles. The van der Waals surface area contributed by atoms with Crippen molar-refractivity contribution in [2.75, 3.05) is 0 Å². The fourth-order valence-electron chi connectivity index (χ4n) is 0.580. The number of hydrogen-bond donors (Lipinski definition) is 2. The highest BCUT2D eigenvalue weighted by Crippen LogP contribution is 2.02. The lowest BCUT2D eigenvalue weighted by Gasteiger charge is -1.99. The predicted molar refractivity (Wildman–Crippen MR) is 58.6 cm³/mol. The maximum Gasteiger partial charge on any atom is 0.148 e. The van der Waals surface area contributed by atoms with E-state index in [0.29, 0.717) is 11.3 Å². The van der Waals surface area contributed by atoms with Gasteiger partial charge in [0.2, 0.25) is 0 Å². The van der Waals surface area contributed by atoms with Crippen LogP contribution in [-0.2, 0) is 4.84 Å². The molecule has 0 bridgehead atoms. The molecule has 0 aromatic carbocycles. The number of aliphatic imine (C=N–C) groups is 1. The van der Waals surface area contributed by atoms with Crippen LogP contribution < -0.4 is 5.73 Å². The maximum atomic E-state index is 7.32. The van der Waals surface area contributed by atoms with Gasteiger partial charge in [-0.1, -0.05) is 5.16 Å². The van der Waals surface area contributed by atoms with Crippen molar-refractivity contribution in [1.82, 2.24) is 0 Å². The Morgan fingerprint density at radius 1 is 1.57 bits per heavy atom. The van der Waals surface area contributed by atoms with Crippen LogP contribution in [0.15, 0.2) is 33.8 Å². The van der Waals surface area contributed by atoms with Crippen LogP contribution >= 0.6 is 0 Å². The Bertz CT molecular complexity index is 302. The summed E-state index contributed by atoms with van der Waals surface area (Å²) in [5.41, 5.74) is 6.55. The molecule has 5 nitrogen and oxygen atoms in total. The Kier molecular flexibility index (Phi) is 5.69. The smallest absolute Gasteiger partial charge is 0.148 e. The van der Waals surface area contributed by atoms with Gasteiger partial charge in [0.05, 0.1) is 0 Å². The summed E-state index contributed by atoms with van der Waals surface area (Å²) < 4.78 is 0. The molecule has 0 heterocycles. The Morgan fingerprint density at radius 3 is 2.71 bits per heavy atom. The molecule has 0 amide bonds. The second-order valence-electron chi connectivity index (χ2n) is 2.36. The second-order valence-corrected chi connectivity index (χ2v) is 2.36. The van der Waals surface area contributed by atoms with Gasteiger partial charge in [-0.25, -0.2) is 4.99 Å². The van der Waals surface area contributed by atoms with Crippen molar-refractivity contribution in [2.45, 2.75) is 13.8 Å². The third-order valence-electron chi connectivity index (χ3n) is 1.42. The first-order chi connectivity index (χ1) is 6.63. The van der Waals surface area contributed by atoms with Gasteiger partial charge >= 0.3 is 0 Å². The summed E-state index contributed by atoms with van der Waals surface area (Å²) in [5.74, 6) is 0.0474. The molecule has 0 spiro atoms. The molecule has 5 heteroatoms. The quantitative estimate of drug-likeness (QED) is 0.233. The molecule has 76 valence electrons. The van der Waals surface area contributed by atoms with Gasteiger partial charge in [0.15, 0.2) is 0 Å². The predicted octanol–water partition coefficient (Wildman–Crippen LogP) is 1.43. The van der Waals surface area contributed by atoms with Crippen LogP contribution in [0.4, 0.5) is 0 Å². The summed E-state index contributed by atoms with van der Waals surface area (Å²) in [6.45, 7) is 6.64. The summed E-state index contributed by atoms with van der Waals surface area (Å²) in [4.78, 5) is 8.12. The molecule has 0 atom stereocenters. The van der Waals surface area contributed by atoms with Crippen LogP contribution in [0, 0.1) is 5.41 Å². The van der Waals surface area contributed by atoms with Crippen LogP contribution in [0.3, 0.4) is 0 Å². The number of amidine groups is 1. The molecule has 0 unspecified atom stereocenters. The van der Waals surface area contributed by atoms with Gasteiger partial charge < -0.3 is 10.6 Å². The van der Waals surface area contributed by atoms with E-state index in [2.05, 4.69) is 21.7 Å². The number of nitrogens with one attached hydrogen (secondary N) is 1. The number of hydrogen-bond acceptors (Lipinski definition) is 4. The standard InChI is InChI=1S/C9H14N4O/c1-4-13-14-6-5-8(10)7(2)9(11)12-3/h4-6,11H,3,10H2,1-2H3/b6-5+,8-7?,11-9?,13-4+. The molecule has 0 fully saturated rings. The first kappa shape index (κ1) is 12.1. The average molecular weight is 194 g/mol. The first-order valence-electron chi connectivity index (χ1n) is 3.95. The largest absolute Gasteiger partial charge is 0.398 e. The fourth-order valence-corrected chi connectivity index (χ4v) is 0.580. The molecule has 0 aliphatic carbocycles. The van der Waals surface area contributed by atoms with Crippen molar-refractivity contribution in [1.29, 1.82) is 5.41 Å². The minimum atomic E-state index is 0.0474. The van der Waals surface area contributed by atoms with Gasteiger partial charge in [0.25, 0.3) is 0 Å². The maximum absolute atomic E-state index is 7.32. The topological polar surface area (TPSA) is 83.8 Å². The molecule has 0 aromatic heterocycles. The number of nitrogens with zero attached hydrogens (tertiary/aromatic N) is 2. The van der Waals surface area contributed by atoms with E-state index >= 15 is 0 Å². The summed E-state index contributed by atoms with van der Waals surface area (Å²) in [6.07, 6.45) is 4.34. The highest BCUT2D eigenvalue weighted by atomic mass is 16.6. The van der Waals surface area contributed by atoms with Gasteiger partial charge in [-0.3, -0.25) is 5.41 Å². The number of rotatable bonds is 4. The first-order valence-corrected chi connectivity index (χ1v) is 3.95. The third-order valence-corrected chi connectivity index (χ3v) is 1.42. The van der Waals surface area contributed by atoms with Crippen LogP contribution in [-0.4, -0.2) is 18.8 Å². The summed E-state index contributed by atoms with van der Waals surface area (Å²) >= 11 is 0. The van der Waals surface area contributed by atoms with E-state index in [1.54, 1.807) is 13.8 Å². The second kappa shape index (κ2) is 6.59. The molecule has 3 N–H and O–H groups in total. The lowest BCUT2D eigenvalue weighted by atomic mass is 10.2. The molecular weight excluding hydrogens is 180 g/mol. The average Bonchev–Trinajstić information content (AvgIpc) is 2.21. The van der Waals surface area contributed by atoms with E-state index < -0.39 is 0 Å². The Morgan fingerprint density at radius 2 is 2.21 bits per heavy atom. The van der Waals surface area contributed by atoms with Crippen molar-refractivity contribution >= 4 is 18.8 Å². The van der Waals surface area contributed by atoms with Crippen LogP contribution in [0.25, 0.3) is 0 Å². The van der Waals surface area contributed by atoms with Gasteiger partial charge in [-0.05, 0) is 26.6 Å². The lowest BCUT2D eigenvalue weighted by molar-refractivity contribution is 0.270. The molecule has 0 radical (unpaired) electrons. The SMILES string of the molecule is C=NC(=N)C(C)=C(N)/C=C/O/N=C/C. The van der Waals surface area contributed by atoms with Gasteiger partial charge in [0, 0.05) is 17.5 Å². The molecule has 0 aliphatic heterocycles. The Labute approximate surface area is 83.2 Å². The third kappa shape index (κ3) is 4.20. The number of allylic oxidation sites excluding steroid dienone is 1. The zero-order chi connectivity index (χ0) is 11.0. The van der Waals surface area contributed by atoms with E-state index in [1.807, 2.05) is 0 Å². The van der Waals surface area contributed by atoms with E-state index in [-0.39, 0.29) is 5.84 Å². The number of nitrogens with two attached hydrogens (primary N) is 1. The Balaban J connectivity index is 4.43. The van der Waals surface area contributed by atoms with Crippen molar-refractivity contribution in [2.24, 2.45) is 15.9 Å². The van der Waals surface area contributed by atoms with E-state index in [9.17, 15) is 0 Å². The molecule has 14 heavy (non-hydrogen) atoms. The molecule has 0 aromatic rings. The molecule has 0 rings (SSSR count).